The quantitative estimate of drug-likeness (QED) is 0.474. The van der Waals surface area contributed by atoms with Crippen molar-refractivity contribution >= 4 is 34.1 Å². The minimum atomic E-state index is -0.163. The maximum atomic E-state index is 13.3. The Hall–Kier alpha value is -2.83. The van der Waals surface area contributed by atoms with E-state index in [1.807, 2.05) is 49.4 Å². The van der Waals surface area contributed by atoms with E-state index >= 15 is 0 Å². The first-order valence-corrected chi connectivity index (χ1v) is 12.0. The molecule has 0 aliphatic carbocycles. The average Bonchev–Trinajstić information content (AvgIpc) is 2.84. The van der Waals surface area contributed by atoms with Crippen molar-refractivity contribution in [1.82, 2.24) is 10.3 Å². The van der Waals surface area contributed by atoms with Crippen molar-refractivity contribution in [3.63, 3.8) is 0 Å². The average molecular weight is 468 g/mol. The van der Waals surface area contributed by atoms with Gasteiger partial charge >= 0.3 is 0 Å². The zero-order chi connectivity index (χ0) is 23.2. The van der Waals surface area contributed by atoms with E-state index in [1.165, 1.54) is 0 Å². The largest absolute Gasteiger partial charge is 0.382 e. The van der Waals surface area contributed by atoms with Gasteiger partial charge in [-0.05, 0) is 49.9 Å². The number of nitrogens with one attached hydrogen (secondary N) is 2. The topological polar surface area (TPSA) is 74.4 Å². The highest BCUT2D eigenvalue weighted by atomic mass is 35.5. The number of piperidine rings is 1. The van der Waals surface area contributed by atoms with E-state index in [4.69, 9.17) is 16.3 Å². The second-order valence-corrected chi connectivity index (χ2v) is 8.80. The molecule has 1 aliphatic heterocycles. The molecule has 1 amide bonds. The molecule has 3 aromatic rings. The smallest absolute Gasteiger partial charge is 0.272 e. The van der Waals surface area contributed by atoms with Gasteiger partial charge in [0, 0.05) is 54.3 Å². The number of carbonyl (C=O) groups is 1. The first kappa shape index (κ1) is 23.3. The van der Waals surface area contributed by atoms with Gasteiger partial charge in [0.25, 0.3) is 5.56 Å². The lowest BCUT2D eigenvalue weighted by Crippen LogP contribution is -2.45. The fourth-order valence-corrected chi connectivity index (χ4v) is 4.69. The number of aromatic nitrogens is 1. The van der Waals surface area contributed by atoms with Crippen LogP contribution in [-0.4, -0.2) is 43.7 Å². The lowest BCUT2D eigenvalue weighted by Gasteiger charge is -2.34. The zero-order valence-electron chi connectivity index (χ0n) is 18.9. The second kappa shape index (κ2) is 10.9. The maximum absolute atomic E-state index is 13.3. The van der Waals surface area contributed by atoms with Gasteiger partial charge in [0.2, 0.25) is 5.91 Å². The molecule has 0 saturated carbocycles. The highest BCUT2D eigenvalue weighted by Gasteiger charge is 2.29. The summed E-state index contributed by atoms with van der Waals surface area (Å²) in [5.41, 5.74) is 3.00. The summed E-state index contributed by atoms with van der Waals surface area (Å²) in [6.45, 7) is 5.11. The van der Waals surface area contributed by atoms with Crippen molar-refractivity contribution in [1.29, 1.82) is 0 Å². The molecule has 0 unspecified atom stereocenters. The Morgan fingerprint density at radius 1 is 1.24 bits per heavy atom. The number of hydrogen-bond acceptors (Lipinski definition) is 4. The molecule has 0 bridgehead atoms. The lowest BCUT2D eigenvalue weighted by molar-refractivity contribution is -0.125. The van der Waals surface area contributed by atoms with Crippen molar-refractivity contribution < 1.29 is 9.53 Å². The summed E-state index contributed by atoms with van der Waals surface area (Å²) in [5, 5.41) is 4.54. The number of benzene rings is 2. The van der Waals surface area contributed by atoms with Gasteiger partial charge in [-0.2, -0.15) is 0 Å². The predicted octanol–water partition coefficient (Wildman–Crippen LogP) is 4.61. The van der Waals surface area contributed by atoms with Crippen LogP contribution in [-0.2, 0) is 9.53 Å². The van der Waals surface area contributed by atoms with Gasteiger partial charge in [-0.1, -0.05) is 41.9 Å². The van der Waals surface area contributed by atoms with E-state index in [-0.39, 0.29) is 17.4 Å². The fraction of sp³-hybridized carbons (Fsp3) is 0.385. The summed E-state index contributed by atoms with van der Waals surface area (Å²) in [4.78, 5) is 31.2. The van der Waals surface area contributed by atoms with Gasteiger partial charge in [0.05, 0.1) is 5.92 Å². The minimum absolute atomic E-state index is 0.0396. The number of rotatable bonds is 8. The Morgan fingerprint density at radius 2 is 2.06 bits per heavy atom. The maximum Gasteiger partial charge on any atom is 0.272 e. The summed E-state index contributed by atoms with van der Waals surface area (Å²) in [7, 11) is 0. The third-order valence-electron chi connectivity index (χ3n) is 6.09. The summed E-state index contributed by atoms with van der Waals surface area (Å²) in [6.07, 6.45) is 2.45. The van der Waals surface area contributed by atoms with Gasteiger partial charge in [-0.15, -0.1) is 0 Å². The molecule has 6 nitrogen and oxygen atoms in total. The van der Waals surface area contributed by atoms with Crippen LogP contribution in [0.25, 0.3) is 22.0 Å². The molecular weight excluding hydrogens is 438 g/mol. The molecule has 2 N–H and O–H groups in total. The normalized spacial score (nSPS) is 16.2. The molecule has 1 atom stereocenters. The third-order valence-corrected chi connectivity index (χ3v) is 6.33. The molecule has 1 saturated heterocycles. The highest BCUT2D eigenvalue weighted by molar-refractivity contribution is 6.31. The van der Waals surface area contributed by atoms with Crippen LogP contribution in [0.5, 0.6) is 0 Å². The Labute approximate surface area is 198 Å². The van der Waals surface area contributed by atoms with Crippen LogP contribution in [0.1, 0.15) is 26.2 Å². The second-order valence-electron chi connectivity index (χ2n) is 8.36. The van der Waals surface area contributed by atoms with Crippen LogP contribution >= 0.6 is 11.6 Å². The molecule has 1 aromatic heterocycles. The number of ether oxygens (including phenoxy) is 1. The Morgan fingerprint density at radius 3 is 2.85 bits per heavy atom. The number of halogens is 1. The van der Waals surface area contributed by atoms with Crippen molar-refractivity contribution in [2.75, 3.05) is 37.7 Å². The standard InChI is InChI=1S/C26H30ClN3O3/c1-2-33-15-7-13-28-25(31)19-10-6-14-30(17-19)24-23(18-8-4-3-5-9-18)21-16-20(27)11-12-22(21)29-26(24)32/h3-5,8-9,11-12,16,19H,2,6-7,10,13-15,17H2,1H3,(H,28,31)(H,29,32)/t19-/m1/s1. The zero-order valence-corrected chi connectivity index (χ0v) is 19.7. The SMILES string of the molecule is CCOCCCNC(=O)[C@@H]1CCCN(c2c(-c3ccccc3)c3cc(Cl)ccc3[nH]c2=O)C1. The number of pyridine rings is 1. The number of anilines is 1. The molecule has 174 valence electrons. The van der Waals surface area contributed by atoms with Gasteiger partial charge < -0.3 is 19.9 Å². The van der Waals surface area contributed by atoms with Crippen molar-refractivity contribution in [2.45, 2.75) is 26.2 Å². The number of aromatic amines is 1. The van der Waals surface area contributed by atoms with E-state index in [0.29, 0.717) is 37.0 Å². The van der Waals surface area contributed by atoms with E-state index in [1.54, 1.807) is 6.07 Å². The third kappa shape index (κ3) is 5.40. The van der Waals surface area contributed by atoms with E-state index in [9.17, 15) is 9.59 Å². The van der Waals surface area contributed by atoms with E-state index in [0.717, 1.165) is 47.8 Å². The molecule has 7 heteroatoms. The number of fused-ring (bicyclic) bond motifs is 1. The van der Waals surface area contributed by atoms with Crippen LogP contribution in [0.4, 0.5) is 5.69 Å². The molecule has 4 rings (SSSR count). The van der Waals surface area contributed by atoms with Crippen molar-refractivity contribution in [2.24, 2.45) is 5.92 Å². The summed E-state index contributed by atoms with van der Waals surface area (Å²) in [5.74, 6) is -0.123. The highest BCUT2D eigenvalue weighted by Crippen LogP contribution is 2.37. The van der Waals surface area contributed by atoms with Crippen molar-refractivity contribution in [3.05, 3.63) is 63.9 Å². The van der Waals surface area contributed by atoms with Crippen LogP contribution in [0.3, 0.4) is 0 Å². The van der Waals surface area contributed by atoms with Crippen molar-refractivity contribution in [3.8, 4) is 11.1 Å². The Balaban J connectivity index is 1.65. The first-order valence-electron chi connectivity index (χ1n) is 11.6. The summed E-state index contributed by atoms with van der Waals surface area (Å²) < 4.78 is 5.34. The monoisotopic (exact) mass is 467 g/mol. The predicted molar refractivity (Wildman–Crippen MR) is 134 cm³/mol. The first-order chi connectivity index (χ1) is 16.1. The minimum Gasteiger partial charge on any atom is -0.382 e. The molecule has 1 aliphatic rings. The van der Waals surface area contributed by atoms with Crippen LogP contribution in [0.2, 0.25) is 5.02 Å². The Bertz CT molecular complexity index is 1160. The van der Waals surface area contributed by atoms with Crippen LogP contribution < -0.4 is 15.8 Å². The number of H-pyrrole nitrogens is 1. The van der Waals surface area contributed by atoms with Gasteiger partial charge in [-0.3, -0.25) is 9.59 Å². The molecular formula is C26H30ClN3O3. The van der Waals surface area contributed by atoms with E-state index < -0.39 is 0 Å². The van der Waals surface area contributed by atoms with E-state index in [2.05, 4.69) is 15.2 Å². The molecule has 1 fully saturated rings. The van der Waals surface area contributed by atoms with Gasteiger partial charge in [-0.25, -0.2) is 0 Å². The van der Waals surface area contributed by atoms with Gasteiger partial charge in [0.15, 0.2) is 0 Å². The number of amides is 1. The Kier molecular flexibility index (Phi) is 7.68. The number of carbonyl (C=O) groups excluding carboxylic acids is 1. The van der Waals surface area contributed by atoms with Gasteiger partial charge in [0.1, 0.15) is 5.69 Å². The molecule has 0 spiro atoms. The molecule has 2 heterocycles. The van der Waals surface area contributed by atoms with Crippen LogP contribution in [0, 0.1) is 5.92 Å². The molecule has 33 heavy (non-hydrogen) atoms. The lowest BCUT2D eigenvalue weighted by atomic mass is 9.94. The van der Waals surface area contributed by atoms with Crippen LogP contribution in [0.15, 0.2) is 53.3 Å². The molecule has 0 radical (unpaired) electrons. The number of nitrogens with zero attached hydrogens (tertiary/aromatic N) is 1. The summed E-state index contributed by atoms with van der Waals surface area (Å²) >= 11 is 6.33. The summed E-state index contributed by atoms with van der Waals surface area (Å²) in [6, 6.07) is 15.4. The molecule has 2 aromatic carbocycles. The number of hydrogen-bond donors (Lipinski definition) is 2. The fourth-order valence-electron chi connectivity index (χ4n) is 4.52.